The highest BCUT2D eigenvalue weighted by Gasteiger charge is 2.21. The average Bonchev–Trinajstić information content (AvgIpc) is 3.19. The zero-order valence-corrected chi connectivity index (χ0v) is 12.2. The van der Waals surface area contributed by atoms with Gasteiger partial charge in [0.2, 0.25) is 0 Å². The zero-order valence-electron chi connectivity index (χ0n) is 12.2. The van der Waals surface area contributed by atoms with Crippen LogP contribution in [0, 0.1) is 0 Å². The fourth-order valence-electron chi connectivity index (χ4n) is 2.62. The van der Waals surface area contributed by atoms with Crippen molar-refractivity contribution in [1.82, 2.24) is 10.2 Å². The molecule has 1 aliphatic carbocycles. The van der Waals surface area contributed by atoms with E-state index >= 15 is 0 Å². The third-order valence-electron chi connectivity index (χ3n) is 4.08. The Morgan fingerprint density at radius 2 is 2.35 bits per heavy atom. The second-order valence-corrected chi connectivity index (χ2v) is 5.80. The predicted octanol–water partition coefficient (Wildman–Crippen LogP) is 2.31. The van der Waals surface area contributed by atoms with Crippen LogP contribution in [0.4, 0.5) is 0 Å². The van der Waals surface area contributed by atoms with E-state index in [0.29, 0.717) is 0 Å². The molecular weight excluding hydrogens is 252 g/mol. The molecule has 20 heavy (non-hydrogen) atoms. The van der Waals surface area contributed by atoms with E-state index in [9.17, 15) is 0 Å². The molecule has 1 saturated carbocycles. The summed E-state index contributed by atoms with van der Waals surface area (Å²) in [5, 5.41) is 3.55. The largest absolute Gasteiger partial charge is 0.468 e. The molecule has 1 aliphatic heterocycles. The second-order valence-electron chi connectivity index (χ2n) is 5.80. The molecular formula is C16H24N2O2. The number of hydrogen-bond acceptors (Lipinski definition) is 4. The summed E-state index contributed by atoms with van der Waals surface area (Å²) >= 11 is 0. The Bertz CT molecular complexity index is 463. The van der Waals surface area contributed by atoms with Crippen molar-refractivity contribution in [2.24, 2.45) is 0 Å². The normalized spacial score (nSPS) is 20.1. The summed E-state index contributed by atoms with van der Waals surface area (Å²) in [6.45, 7) is 4.70. The quantitative estimate of drug-likeness (QED) is 0.776. The van der Waals surface area contributed by atoms with Crippen LogP contribution in [0.15, 0.2) is 28.4 Å². The standard InChI is InChI=1S/C16H24N2O2/c1-19-12-13-4-7-18(8-5-13)11-16-14(6-9-20-16)10-17-15-2-3-15/h4,6,9,15,17H,2-3,5,7-8,10-12H2,1H3. The lowest BCUT2D eigenvalue weighted by Crippen LogP contribution is -2.29. The maximum Gasteiger partial charge on any atom is 0.122 e. The number of hydrogen-bond donors (Lipinski definition) is 1. The highest BCUT2D eigenvalue weighted by molar-refractivity contribution is 5.18. The van der Waals surface area contributed by atoms with E-state index in [1.807, 2.05) is 6.26 Å². The van der Waals surface area contributed by atoms with Gasteiger partial charge in [-0.1, -0.05) is 6.08 Å². The van der Waals surface area contributed by atoms with E-state index in [1.165, 1.54) is 24.0 Å². The van der Waals surface area contributed by atoms with Crippen molar-refractivity contribution in [2.45, 2.75) is 38.4 Å². The first kappa shape index (κ1) is 13.9. The van der Waals surface area contributed by atoms with E-state index in [4.69, 9.17) is 9.15 Å². The van der Waals surface area contributed by atoms with Crippen molar-refractivity contribution in [3.63, 3.8) is 0 Å². The molecule has 1 aromatic heterocycles. The number of nitrogens with one attached hydrogen (secondary N) is 1. The highest BCUT2D eigenvalue weighted by atomic mass is 16.5. The van der Waals surface area contributed by atoms with Gasteiger partial charge in [-0.3, -0.25) is 4.90 Å². The fraction of sp³-hybridized carbons (Fsp3) is 0.625. The first-order valence-electron chi connectivity index (χ1n) is 7.53. The lowest BCUT2D eigenvalue weighted by atomic mass is 10.1. The summed E-state index contributed by atoms with van der Waals surface area (Å²) in [6.07, 6.45) is 7.86. The van der Waals surface area contributed by atoms with Gasteiger partial charge in [-0.15, -0.1) is 0 Å². The molecule has 4 nitrogen and oxygen atoms in total. The number of nitrogens with zero attached hydrogens (tertiary/aromatic N) is 1. The van der Waals surface area contributed by atoms with Gasteiger partial charge in [0.25, 0.3) is 0 Å². The molecule has 0 atom stereocenters. The van der Waals surface area contributed by atoms with Gasteiger partial charge in [-0.05, 0) is 30.9 Å². The van der Waals surface area contributed by atoms with Gasteiger partial charge in [0.15, 0.2) is 0 Å². The summed E-state index contributed by atoms with van der Waals surface area (Å²) in [6, 6.07) is 2.84. The van der Waals surface area contributed by atoms with Gasteiger partial charge in [0.1, 0.15) is 5.76 Å². The molecule has 0 spiro atoms. The van der Waals surface area contributed by atoms with Gasteiger partial charge in [-0.2, -0.15) is 0 Å². The van der Waals surface area contributed by atoms with Crippen molar-refractivity contribution in [3.05, 3.63) is 35.3 Å². The average molecular weight is 276 g/mol. The Morgan fingerprint density at radius 1 is 1.45 bits per heavy atom. The van der Waals surface area contributed by atoms with Crippen LogP contribution in [0.25, 0.3) is 0 Å². The predicted molar refractivity (Wildman–Crippen MR) is 78.4 cm³/mol. The van der Waals surface area contributed by atoms with E-state index in [-0.39, 0.29) is 0 Å². The van der Waals surface area contributed by atoms with Crippen LogP contribution >= 0.6 is 0 Å². The van der Waals surface area contributed by atoms with Gasteiger partial charge in [-0.25, -0.2) is 0 Å². The smallest absolute Gasteiger partial charge is 0.122 e. The number of methoxy groups -OCH3 is 1. The zero-order chi connectivity index (χ0) is 13.8. The molecule has 0 bridgehead atoms. The number of rotatable bonds is 7. The SMILES string of the molecule is COCC1=CCN(Cc2occc2CNC2CC2)CC1. The lowest BCUT2D eigenvalue weighted by molar-refractivity contribution is 0.206. The number of furan rings is 1. The van der Waals surface area contributed by atoms with Gasteiger partial charge < -0.3 is 14.5 Å². The number of ether oxygens (including phenoxy) is 1. The molecule has 3 rings (SSSR count). The van der Waals surface area contributed by atoms with Crippen LogP contribution in [0.1, 0.15) is 30.6 Å². The van der Waals surface area contributed by atoms with Gasteiger partial charge in [0.05, 0.1) is 19.4 Å². The van der Waals surface area contributed by atoms with Crippen LogP contribution in [0.5, 0.6) is 0 Å². The van der Waals surface area contributed by atoms with Gasteiger partial charge in [0, 0.05) is 38.3 Å². The van der Waals surface area contributed by atoms with Crippen molar-refractivity contribution in [1.29, 1.82) is 0 Å². The summed E-state index contributed by atoms with van der Waals surface area (Å²) in [4.78, 5) is 2.43. The Kier molecular flexibility index (Phi) is 4.55. The molecule has 0 saturated heterocycles. The lowest BCUT2D eigenvalue weighted by Gasteiger charge is -2.25. The maximum atomic E-state index is 5.67. The molecule has 110 valence electrons. The molecule has 0 amide bonds. The van der Waals surface area contributed by atoms with Crippen LogP contribution in [0.3, 0.4) is 0 Å². The molecule has 2 heterocycles. The van der Waals surface area contributed by atoms with Crippen molar-refractivity contribution >= 4 is 0 Å². The topological polar surface area (TPSA) is 37.6 Å². The van der Waals surface area contributed by atoms with E-state index < -0.39 is 0 Å². The second kappa shape index (κ2) is 6.57. The summed E-state index contributed by atoms with van der Waals surface area (Å²) in [5.41, 5.74) is 2.72. The Morgan fingerprint density at radius 3 is 3.05 bits per heavy atom. The Balaban J connectivity index is 1.51. The summed E-state index contributed by atoms with van der Waals surface area (Å²) in [5.74, 6) is 1.11. The van der Waals surface area contributed by atoms with Crippen molar-refractivity contribution in [2.75, 3.05) is 26.8 Å². The molecule has 0 radical (unpaired) electrons. The van der Waals surface area contributed by atoms with Crippen LogP contribution < -0.4 is 5.32 Å². The Hall–Kier alpha value is -1.10. The molecule has 0 aromatic carbocycles. The van der Waals surface area contributed by atoms with Gasteiger partial charge >= 0.3 is 0 Å². The van der Waals surface area contributed by atoms with E-state index in [0.717, 1.165) is 51.0 Å². The minimum Gasteiger partial charge on any atom is -0.468 e. The first-order valence-corrected chi connectivity index (χ1v) is 7.53. The minimum absolute atomic E-state index is 0.743. The highest BCUT2D eigenvalue weighted by Crippen LogP contribution is 2.21. The molecule has 1 fully saturated rings. The molecule has 2 aliphatic rings. The van der Waals surface area contributed by atoms with Crippen LogP contribution in [-0.4, -0.2) is 37.7 Å². The van der Waals surface area contributed by atoms with Crippen LogP contribution in [0.2, 0.25) is 0 Å². The summed E-state index contributed by atoms with van der Waals surface area (Å²) < 4.78 is 10.9. The third-order valence-corrected chi connectivity index (χ3v) is 4.08. The van der Waals surface area contributed by atoms with Crippen molar-refractivity contribution < 1.29 is 9.15 Å². The molecule has 1 aromatic rings. The van der Waals surface area contributed by atoms with E-state index in [1.54, 1.807) is 7.11 Å². The van der Waals surface area contributed by atoms with E-state index in [2.05, 4.69) is 22.4 Å². The molecule has 1 N–H and O–H groups in total. The molecule has 4 heteroatoms. The summed E-state index contributed by atoms with van der Waals surface area (Å²) in [7, 11) is 1.76. The minimum atomic E-state index is 0.743. The third kappa shape index (κ3) is 3.72. The maximum absolute atomic E-state index is 5.67. The van der Waals surface area contributed by atoms with Crippen molar-refractivity contribution in [3.8, 4) is 0 Å². The first-order chi connectivity index (χ1) is 9.85. The Labute approximate surface area is 120 Å². The molecule has 0 unspecified atom stereocenters. The van der Waals surface area contributed by atoms with Crippen LogP contribution in [-0.2, 0) is 17.8 Å². The fourth-order valence-corrected chi connectivity index (χ4v) is 2.62. The monoisotopic (exact) mass is 276 g/mol.